The van der Waals surface area contributed by atoms with Gasteiger partial charge in [0, 0.05) is 18.8 Å². The van der Waals surface area contributed by atoms with E-state index in [-0.39, 0.29) is 18.0 Å². The van der Waals surface area contributed by atoms with Crippen molar-refractivity contribution in [2.75, 3.05) is 18.4 Å². The van der Waals surface area contributed by atoms with Gasteiger partial charge in [0.1, 0.15) is 5.82 Å². The maximum Gasteiger partial charge on any atom is 0.307 e. The quantitative estimate of drug-likeness (QED) is 0.727. The van der Waals surface area contributed by atoms with Gasteiger partial charge >= 0.3 is 5.97 Å². The summed E-state index contributed by atoms with van der Waals surface area (Å²) >= 11 is 0. The summed E-state index contributed by atoms with van der Waals surface area (Å²) in [6.07, 6.45) is 1.47. The number of carboxylic acids is 1. The van der Waals surface area contributed by atoms with Gasteiger partial charge in [-0.1, -0.05) is 25.1 Å². The number of benzene rings is 2. The van der Waals surface area contributed by atoms with Crippen LogP contribution in [0.3, 0.4) is 0 Å². The molecule has 0 spiro atoms. The Kier molecular flexibility index (Phi) is 6.52. The van der Waals surface area contributed by atoms with Gasteiger partial charge in [0.25, 0.3) is 5.91 Å². The number of piperidine rings is 1. The number of nitrogens with zero attached hydrogens (tertiary/aromatic N) is 1. The molecule has 1 saturated heterocycles. The third-order valence-electron chi connectivity index (χ3n) is 5.20. The van der Waals surface area contributed by atoms with Crippen LogP contribution in [0.5, 0.6) is 0 Å². The molecule has 1 amide bonds. The third kappa shape index (κ3) is 4.52. The molecule has 0 saturated carbocycles. The molecule has 0 aromatic heterocycles. The van der Waals surface area contributed by atoms with Gasteiger partial charge in [0.15, 0.2) is 0 Å². The van der Waals surface area contributed by atoms with E-state index in [1.807, 2.05) is 19.1 Å². The number of hydrogen-bond donors (Lipinski definition) is 2. The van der Waals surface area contributed by atoms with Crippen molar-refractivity contribution in [3.05, 3.63) is 59.4 Å². The fourth-order valence-electron chi connectivity index (χ4n) is 3.49. The second kappa shape index (κ2) is 8.93. The molecule has 0 radical (unpaired) electrons. The predicted octanol–water partition coefficient (Wildman–Crippen LogP) is 3.13. The second-order valence-electron chi connectivity index (χ2n) is 7.15. The molecule has 1 atom stereocenters. The van der Waals surface area contributed by atoms with Crippen LogP contribution in [-0.2, 0) is 21.2 Å². The summed E-state index contributed by atoms with van der Waals surface area (Å²) < 4.78 is 41.4. The highest BCUT2D eigenvalue weighted by Gasteiger charge is 2.33. The Balaban J connectivity index is 1.89. The molecule has 1 aliphatic rings. The molecule has 9 heteroatoms. The summed E-state index contributed by atoms with van der Waals surface area (Å²) in [6.45, 7) is 1.94. The Morgan fingerprint density at radius 1 is 1.23 bits per heavy atom. The first-order valence-electron chi connectivity index (χ1n) is 9.65. The first-order valence-corrected chi connectivity index (χ1v) is 11.1. The van der Waals surface area contributed by atoms with E-state index < -0.39 is 39.2 Å². The lowest BCUT2D eigenvalue weighted by atomic mass is 10.0. The van der Waals surface area contributed by atoms with Crippen LogP contribution in [0.4, 0.5) is 10.1 Å². The molecule has 3 rings (SSSR count). The zero-order chi connectivity index (χ0) is 21.9. The zero-order valence-corrected chi connectivity index (χ0v) is 17.3. The van der Waals surface area contributed by atoms with Crippen LogP contribution in [0, 0.1) is 11.7 Å². The third-order valence-corrected chi connectivity index (χ3v) is 7.06. The largest absolute Gasteiger partial charge is 0.481 e. The molecular weight excluding hydrogens is 411 g/mol. The van der Waals surface area contributed by atoms with E-state index in [2.05, 4.69) is 5.32 Å². The minimum atomic E-state index is -4.06. The summed E-state index contributed by atoms with van der Waals surface area (Å²) in [6, 6.07) is 10.1. The molecule has 2 N–H and O–H groups in total. The van der Waals surface area contributed by atoms with Gasteiger partial charge in [-0.2, -0.15) is 4.31 Å². The van der Waals surface area contributed by atoms with Crippen molar-refractivity contribution in [2.24, 2.45) is 5.92 Å². The molecule has 0 aliphatic carbocycles. The number of carboxylic acid groups (broad SMARTS) is 1. The van der Waals surface area contributed by atoms with Crippen LogP contribution >= 0.6 is 0 Å². The Labute approximate surface area is 174 Å². The number of sulfonamides is 1. The number of para-hydroxylation sites is 1. The van der Waals surface area contributed by atoms with E-state index in [0.717, 1.165) is 28.1 Å². The summed E-state index contributed by atoms with van der Waals surface area (Å²) in [5, 5.41) is 11.8. The van der Waals surface area contributed by atoms with Crippen LogP contribution in [0.1, 0.15) is 35.7 Å². The lowest BCUT2D eigenvalue weighted by Gasteiger charge is -2.29. The van der Waals surface area contributed by atoms with Gasteiger partial charge in [0.2, 0.25) is 10.0 Å². The number of aryl methyl sites for hydroxylation is 1. The molecule has 2 aromatic carbocycles. The molecule has 30 heavy (non-hydrogen) atoms. The Morgan fingerprint density at radius 3 is 2.67 bits per heavy atom. The van der Waals surface area contributed by atoms with Crippen LogP contribution in [0.15, 0.2) is 47.4 Å². The number of halogens is 1. The van der Waals surface area contributed by atoms with Gasteiger partial charge in [0.05, 0.1) is 16.4 Å². The average Bonchev–Trinajstić information content (AvgIpc) is 2.74. The van der Waals surface area contributed by atoms with Gasteiger partial charge in [-0.25, -0.2) is 12.8 Å². The Bertz CT molecular complexity index is 1070. The number of rotatable bonds is 6. The lowest BCUT2D eigenvalue weighted by Crippen LogP contribution is -2.42. The predicted molar refractivity (Wildman–Crippen MR) is 109 cm³/mol. The number of anilines is 1. The monoisotopic (exact) mass is 434 g/mol. The summed E-state index contributed by atoms with van der Waals surface area (Å²) in [5.41, 5.74) is 0.995. The van der Waals surface area contributed by atoms with E-state index in [4.69, 9.17) is 0 Å². The molecule has 160 valence electrons. The summed E-state index contributed by atoms with van der Waals surface area (Å²) in [7, 11) is -4.06. The number of carbonyl (C=O) groups is 2. The van der Waals surface area contributed by atoms with Crippen LogP contribution in [0.2, 0.25) is 0 Å². The first-order chi connectivity index (χ1) is 14.2. The van der Waals surface area contributed by atoms with Crippen molar-refractivity contribution in [2.45, 2.75) is 31.1 Å². The summed E-state index contributed by atoms with van der Waals surface area (Å²) in [5.74, 6) is -3.44. The van der Waals surface area contributed by atoms with Crippen molar-refractivity contribution in [1.82, 2.24) is 4.31 Å². The van der Waals surface area contributed by atoms with Gasteiger partial charge in [-0.05, 0) is 49.1 Å². The zero-order valence-electron chi connectivity index (χ0n) is 16.5. The highest BCUT2D eigenvalue weighted by Crippen LogP contribution is 2.26. The number of carbonyl (C=O) groups excluding carboxylic acids is 1. The summed E-state index contributed by atoms with van der Waals surface area (Å²) in [4.78, 5) is 23.7. The second-order valence-corrected chi connectivity index (χ2v) is 9.08. The maximum absolute atomic E-state index is 14.4. The van der Waals surface area contributed by atoms with E-state index in [9.17, 15) is 27.5 Å². The minimum absolute atomic E-state index is 0.152. The molecule has 1 fully saturated rings. The van der Waals surface area contributed by atoms with Gasteiger partial charge in [-0.15, -0.1) is 0 Å². The average molecular weight is 434 g/mol. The molecule has 0 bridgehead atoms. The van der Waals surface area contributed by atoms with Crippen molar-refractivity contribution in [3.8, 4) is 0 Å². The van der Waals surface area contributed by atoms with Crippen LogP contribution in [-0.4, -0.2) is 42.8 Å². The number of aliphatic carboxylic acids is 1. The Morgan fingerprint density at radius 2 is 1.97 bits per heavy atom. The minimum Gasteiger partial charge on any atom is -0.481 e. The first kappa shape index (κ1) is 21.9. The topological polar surface area (TPSA) is 104 Å². The fraction of sp³-hybridized carbons (Fsp3) is 0.333. The number of hydrogen-bond acceptors (Lipinski definition) is 4. The normalized spacial score (nSPS) is 17.5. The van der Waals surface area contributed by atoms with Crippen molar-refractivity contribution < 1.29 is 27.5 Å². The van der Waals surface area contributed by atoms with Crippen molar-refractivity contribution >= 4 is 27.6 Å². The van der Waals surface area contributed by atoms with E-state index in [1.165, 1.54) is 0 Å². The molecule has 1 heterocycles. The van der Waals surface area contributed by atoms with E-state index in [0.29, 0.717) is 24.9 Å². The molecule has 1 aliphatic heterocycles. The standard InChI is InChI=1S/C21H23FN2O5S/c1-2-14-6-3-4-8-19(14)23-20(25)17-12-16(9-10-18(17)22)30(28,29)24-11-5-7-15(13-24)21(26)27/h3-4,6,8-10,12,15H,2,5,7,11,13H2,1H3,(H,23,25)(H,26,27). The number of amides is 1. The lowest BCUT2D eigenvalue weighted by molar-refractivity contribution is -0.142. The van der Waals surface area contributed by atoms with Gasteiger partial charge in [-0.3, -0.25) is 9.59 Å². The van der Waals surface area contributed by atoms with Gasteiger partial charge < -0.3 is 10.4 Å². The molecular formula is C21H23FN2O5S. The SMILES string of the molecule is CCc1ccccc1NC(=O)c1cc(S(=O)(=O)N2CCCC(C(=O)O)C2)ccc1F. The molecule has 7 nitrogen and oxygen atoms in total. The highest BCUT2D eigenvalue weighted by molar-refractivity contribution is 7.89. The molecule has 1 unspecified atom stereocenters. The number of nitrogens with one attached hydrogen (secondary N) is 1. The van der Waals surface area contributed by atoms with E-state index >= 15 is 0 Å². The smallest absolute Gasteiger partial charge is 0.307 e. The van der Waals surface area contributed by atoms with Crippen LogP contribution in [0.25, 0.3) is 0 Å². The van der Waals surface area contributed by atoms with Crippen molar-refractivity contribution in [1.29, 1.82) is 0 Å². The van der Waals surface area contributed by atoms with Crippen molar-refractivity contribution in [3.63, 3.8) is 0 Å². The fourth-order valence-corrected chi connectivity index (χ4v) is 5.04. The highest BCUT2D eigenvalue weighted by atomic mass is 32.2. The van der Waals surface area contributed by atoms with Crippen LogP contribution < -0.4 is 5.32 Å². The molecule has 2 aromatic rings. The maximum atomic E-state index is 14.4. The Hall–Kier alpha value is -2.78. The van der Waals surface area contributed by atoms with E-state index in [1.54, 1.807) is 12.1 Å².